The van der Waals surface area contributed by atoms with E-state index in [1.54, 1.807) is 7.11 Å². The van der Waals surface area contributed by atoms with Gasteiger partial charge in [0.1, 0.15) is 0 Å². The quantitative estimate of drug-likeness (QED) is 0.703. The van der Waals surface area contributed by atoms with Crippen molar-refractivity contribution in [3.8, 4) is 0 Å². The fourth-order valence-corrected chi connectivity index (χ4v) is 2.83. The summed E-state index contributed by atoms with van der Waals surface area (Å²) in [7, 11) is 1.65. The molecule has 1 fully saturated rings. The zero-order valence-electron chi connectivity index (χ0n) is 13.7. The van der Waals surface area contributed by atoms with E-state index in [1.165, 1.54) is 5.56 Å². The summed E-state index contributed by atoms with van der Waals surface area (Å²) < 4.78 is 10.5. The van der Waals surface area contributed by atoms with Gasteiger partial charge in [0.05, 0.1) is 13.2 Å². The maximum Gasteiger partial charge on any atom is 0.233 e. The van der Waals surface area contributed by atoms with Crippen LogP contribution in [0.25, 0.3) is 0 Å². The lowest BCUT2D eigenvalue weighted by molar-refractivity contribution is -0.120. The monoisotopic (exact) mass is 342 g/mol. The molecule has 2 N–H and O–H groups in total. The van der Waals surface area contributed by atoms with Crippen LogP contribution >= 0.6 is 12.4 Å². The number of benzene rings is 1. The normalized spacial score (nSPS) is 16.4. The molecule has 0 unspecified atom stereocenters. The number of amides is 1. The standard InChI is InChI=1S/C17H26N2O3.ClH/c1-21-12-9-18-13-16(20)19-14-17(7-10-22-11-8-17)15-5-3-2-4-6-15;/h2-6,18H,7-14H2,1H3,(H,19,20);1H. The molecular formula is C17H27ClN2O3. The second kappa shape index (κ2) is 10.6. The average Bonchev–Trinajstić information content (AvgIpc) is 2.58. The first-order chi connectivity index (χ1) is 10.8. The van der Waals surface area contributed by atoms with Gasteiger partial charge < -0.3 is 20.1 Å². The van der Waals surface area contributed by atoms with Gasteiger partial charge in [-0.2, -0.15) is 0 Å². The Balaban J connectivity index is 0.00000264. The third-order valence-electron chi connectivity index (χ3n) is 4.23. The van der Waals surface area contributed by atoms with Crippen molar-refractivity contribution < 1.29 is 14.3 Å². The summed E-state index contributed by atoms with van der Waals surface area (Å²) in [5.74, 6) is 0.0258. The molecule has 0 bridgehead atoms. The lowest BCUT2D eigenvalue weighted by atomic mass is 9.74. The molecule has 0 aliphatic carbocycles. The first-order valence-corrected chi connectivity index (χ1v) is 7.86. The Kier molecular flexibility index (Phi) is 9.17. The molecule has 5 nitrogen and oxygen atoms in total. The molecule has 6 heteroatoms. The van der Waals surface area contributed by atoms with Gasteiger partial charge in [0.15, 0.2) is 0 Å². The number of carbonyl (C=O) groups is 1. The predicted octanol–water partition coefficient (Wildman–Crippen LogP) is 1.51. The highest BCUT2D eigenvalue weighted by Gasteiger charge is 2.34. The summed E-state index contributed by atoms with van der Waals surface area (Å²) in [4.78, 5) is 12.0. The Hall–Kier alpha value is -1.14. The Morgan fingerprint density at radius 1 is 1.26 bits per heavy atom. The topological polar surface area (TPSA) is 59.6 Å². The van der Waals surface area contributed by atoms with Crippen LogP contribution in [-0.2, 0) is 19.7 Å². The van der Waals surface area contributed by atoms with E-state index < -0.39 is 0 Å². The number of hydrogen-bond donors (Lipinski definition) is 2. The van der Waals surface area contributed by atoms with Crippen molar-refractivity contribution in [2.45, 2.75) is 18.3 Å². The fourth-order valence-electron chi connectivity index (χ4n) is 2.83. The van der Waals surface area contributed by atoms with Crippen LogP contribution < -0.4 is 10.6 Å². The smallest absolute Gasteiger partial charge is 0.233 e. The second-order valence-electron chi connectivity index (χ2n) is 5.71. The molecule has 1 saturated heterocycles. The van der Waals surface area contributed by atoms with Crippen molar-refractivity contribution in [1.82, 2.24) is 10.6 Å². The third kappa shape index (κ3) is 6.11. The molecule has 0 spiro atoms. The number of rotatable bonds is 8. The minimum absolute atomic E-state index is 0. The number of halogens is 1. The second-order valence-corrected chi connectivity index (χ2v) is 5.71. The molecule has 1 amide bonds. The molecule has 1 aromatic rings. The summed E-state index contributed by atoms with van der Waals surface area (Å²) >= 11 is 0. The van der Waals surface area contributed by atoms with Gasteiger partial charge in [-0.15, -0.1) is 12.4 Å². The lowest BCUT2D eigenvalue weighted by Crippen LogP contribution is -2.46. The zero-order chi connectivity index (χ0) is 15.7. The van der Waals surface area contributed by atoms with E-state index in [0.717, 1.165) is 26.1 Å². The molecule has 0 saturated carbocycles. The summed E-state index contributed by atoms with van der Waals surface area (Å²) in [6.07, 6.45) is 1.88. The molecule has 130 valence electrons. The summed E-state index contributed by atoms with van der Waals surface area (Å²) in [5, 5.41) is 6.14. The van der Waals surface area contributed by atoms with Crippen LogP contribution in [0.3, 0.4) is 0 Å². The Morgan fingerprint density at radius 2 is 1.96 bits per heavy atom. The Labute approximate surface area is 144 Å². The molecule has 2 rings (SSSR count). The van der Waals surface area contributed by atoms with Crippen LogP contribution in [0.2, 0.25) is 0 Å². The highest BCUT2D eigenvalue weighted by Crippen LogP contribution is 2.34. The number of hydrogen-bond acceptors (Lipinski definition) is 4. The number of ether oxygens (including phenoxy) is 2. The van der Waals surface area contributed by atoms with Crippen LogP contribution in [0, 0.1) is 0 Å². The highest BCUT2D eigenvalue weighted by molar-refractivity contribution is 5.85. The number of nitrogens with one attached hydrogen (secondary N) is 2. The minimum atomic E-state index is -0.0122. The van der Waals surface area contributed by atoms with E-state index in [0.29, 0.717) is 26.2 Å². The maximum absolute atomic E-state index is 12.0. The lowest BCUT2D eigenvalue weighted by Gasteiger charge is -2.38. The molecule has 1 heterocycles. The summed E-state index contributed by atoms with van der Waals surface area (Å²) in [5.41, 5.74) is 1.27. The molecule has 1 aromatic carbocycles. The van der Waals surface area contributed by atoms with Crippen LogP contribution in [0.15, 0.2) is 30.3 Å². The van der Waals surface area contributed by atoms with Crippen molar-refractivity contribution in [3.05, 3.63) is 35.9 Å². The van der Waals surface area contributed by atoms with Gasteiger partial charge >= 0.3 is 0 Å². The Bertz CT molecular complexity index is 450. The summed E-state index contributed by atoms with van der Waals surface area (Å²) in [6.45, 7) is 3.77. The van der Waals surface area contributed by atoms with Gasteiger partial charge in [-0.1, -0.05) is 30.3 Å². The van der Waals surface area contributed by atoms with Gasteiger partial charge in [0.25, 0.3) is 0 Å². The molecule has 23 heavy (non-hydrogen) atoms. The average molecular weight is 343 g/mol. The van der Waals surface area contributed by atoms with E-state index in [-0.39, 0.29) is 23.7 Å². The van der Waals surface area contributed by atoms with Crippen molar-refractivity contribution >= 4 is 18.3 Å². The fraction of sp³-hybridized carbons (Fsp3) is 0.588. The van der Waals surface area contributed by atoms with Gasteiger partial charge in [0, 0.05) is 38.8 Å². The molecule has 0 radical (unpaired) electrons. The highest BCUT2D eigenvalue weighted by atomic mass is 35.5. The van der Waals surface area contributed by atoms with E-state index in [4.69, 9.17) is 9.47 Å². The van der Waals surface area contributed by atoms with E-state index in [2.05, 4.69) is 34.9 Å². The minimum Gasteiger partial charge on any atom is -0.383 e. The largest absolute Gasteiger partial charge is 0.383 e. The molecular weight excluding hydrogens is 316 g/mol. The first kappa shape index (κ1) is 19.9. The van der Waals surface area contributed by atoms with Gasteiger partial charge in [-0.3, -0.25) is 4.79 Å². The van der Waals surface area contributed by atoms with Crippen molar-refractivity contribution in [1.29, 1.82) is 0 Å². The first-order valence-electron chi connectivity index (χ1n) is 7.86. The maximum atomic E-state index is 12.0. The van der Waals surface area contributed by atoms with Gasteiger partial charge in [0.2, 0.25) is 5.91 Å². The molecule has 1 aliphatic heterocycles. The van der Waals surface area contributed by atoms with Crippen LogP contribution in [-0.4, -0.2) is 52.5 Å². The number of carbonyl (C=O) groups excluding carboxylic acids is 1. The van der Waals surface area contributed by atoms with Crippen LogP contribution in [0.1, 0.15) is 18.4 Å². The van der Waals surface area contributed by atoms with Gasteiger partial charge in [-0.05, 0) is 18.4 Å². The van der Waals surface area contributed by atoms with Crippen molar-refractivity contribution in [3.63, 3.8) is 0 Å². The van der Waals surface area contributed by atoms with Gasteiger partial charge in [-0.25, -0.2) is 0 Å². The molecule has 0 aromatic heterocycles. The predicted molar refractivity (Wildman–Crippen MR) is 93.2 cm³/mol. The van der Waals surface area contributed by atoms with E-state index in [1.807, 2.05) is 6.07 Å². The van der Waals surface area contributed by atoms with Crippen LogP contribution in [0.4, 0.5) is 0 Å². The molecule has 0 atom stereocenters. The Morgan fingerprint density at radius 3 is 2.61 bits per heavy atom. The number of methoxy groups -OCH3 is 1. The SMILES string of the molecule is COCCNCC(=O)NCC1(c2ccccc2)CCOCC1.Cl. The van der Waals surface area contributed by atoms with Crippen LogP contribution in [0.5, 0.6) is 0 Å². The van der Waals surface area contributed by atoms with Crippen molar-refractivity contribution in [2.24, 2.45) is 0 Å². The van der Waals surface area contributed by atoms with E-state index in [9.17, 15) is 4.79 Å². The zero-order valence-corrected chi connectivity index (χ0v) is 14.5. The van der Waals surface area contributed by atoms with Crippen molar-refractivity contribution in [2.75, 3.05) is 46.6 Å². The third-order valence-corrected chi connectivity index (χ3v) is 4.23. The summed E-state index contributed by atoms with van der Waals surface area (Å²) in [6, 6.07) is 10.4. The molecule has 1 aliphatic rings. The van der Waals surface area contributed by atoms with E-state index >= 15 is 0 Å².